The van der Waals surface area contributed by atoms with Gasteiger partial charge in [-0.2, -0.15) is 0 Å². The molecule has 0 aromatic heterocycles. The quantitative estimate of drug-likeness (QED) is 0.0509. The van der Waals surface area contributed by atoms with Gasteiger partial charge in [-0.1, -0.05) is 0 Å². The third-order valence-corrected chi connectivity index (χ3v) is 6.91. The SMILES string of the molecule is CC(=O)N[C@@H](COP(=O)(O)OCCNC(=O)NCCOP(=O)(O)OC[C@@H](CC(C)OC(C)=O)NC(C)=O)CC(C)OC(C)=O. The molecule has 6 N–H and O–H groups in total. The maximum Gasteiger partial charge on any atom is 0.472 e. The molecule has 0 rings (SSSR count). The molecule has 256 valence electrons. The van der Waals surface area contributed by atoms with Crippen LogP contribution in [0.5, 0.6) is 0 Å². The summed E-state index contributed by atoms with van der Waals surface area (Å²) in [6.45, 7) is 5.90. The van der Waals surface area contributed by atoms with Crippen LogP contribution in [0, 0.1) is 0 Å². The summed E-state index contributed by atoms with van der Waals surface area (Å²) < 4.78 is 53.5. The molecule has 0 spiro atoms. The fraction of sp³-hybridized carbons (Fsp3) is 0.783. The van der Waals surface area contributed by atoms with Gasteiger partial charge in [0.25, 0.3) is 0 Å². The molecule has 21 heteroatoms. The predicted octanol–water partition coefficient (Wildman–Crippen LogP) is 0.246. The van der Waals surface area contributed by atoms with E-state index in [0.717, 1.165) is 0 Å². The Hall–Kier alpha value is -2.63. The van der Waals surface area contributed by atoms with Crippen LogP contribution in [0.4, 0.5) is 4.79 Å². The highest BCUT2D eigenvalue weighted by Gasteiger charge is 2.26. The monoisotopic (exact) mass is 678 g/mol. The van der Waals surface area contributed by atoms with E-state index in [1.165, 1.54) is 27.7 Å². The van der Waals surface area contributed by atoms with Crippen molar-refractivity contribution in [2.45, 2.75) is 78.7 Å². The summed E-state index contributed by atoms with van der Waals surface area (Å²) in [4.78, 5) is 76.5. The summed E-state index contributed by atoms with van der Waals surface area (Å²) in [7, 11) is -9.14. The zero-order chi connectivity index (χ0) is 33.9. The molecule has 44 heavy (non-hydrogen) atoms. The first-order valence-corrected chi connectivity index (χ1v) is 16.4. The van der Waals surface area contributed by atoms with Gasteiger partial charge >= 0.3 is 33.6 Å². The Bertz CT molecular complexity index is 969. The van der Waals surface area contributed by atoms with Gasteiger partial charge < -0.3 is 40.5 Å². The number of phosphoric ester groups is 2. The molecule has 0 aromatic rings. The lowest BCUT2D eigenvalue weighted by molar-refractivity contribution is -0.147. The fourth-order valence-corrected chi connectivity index (χ4v) is 5.06. The molecular formula is C23H44N4O15P2. The van der Waals surface area contributed by atoms with E-state index >= 15 is 0 Å². The average Bonchev–Trinajstić information content (AvgIpc) is 2.85. The van der Waals surface area contributed by atoms with Crippen molar-refractivity contribution in [3.05, 3.63) is 0 Å². The lowest BCUT2D eigenvalue weighted by atomic mass is 10.1. The van der Waals surface area contributed by atoms with E-state index in [9.17, 15) is 42.9 Å². The Morgan fingerprint density at radius 1 is 0.636 bits per heavy atom. The van der Waals surface area contributed by atoms with Crippen LogP contribution in [0.25, 0.3) is 0 Å². The molecule has 0 aromatic carbocycles. The Labute approximate surface area is 255 Å². The number of hydrogen-bond donors (Lipinski definition) is 6. The minimum atomic E-state index is -4.57. The molecule has 0 heterocycles. The van der Waals surface area contributed by atoms with E-state index in [-0.39, 0.29) is 25.9 Å². The molecule has 19 nitrogen and oxygen atoms in total. The number of carbonyl (C=O) groups is 5. The highest BCUT2D eigenvalue weighted by Crippen LogP contribution is 2.43. The summed E-state index contributed by atoms with van der Waals surface area (Å²) >= 11 is 0. The van der Waals surface area contributed by atoms with E-state index < -0.39 is 96.1 Å². The summed E-state index contributed by atoms with van der Waals surface area (Å²) in [5.41, 5.74) is 0. The highest BCUT2D eigenvalue weighted by atomic mass is 31.2. The maximum atomic E-state index is 12.1. The normalized spacial score (nSPS) is 16.5. The first kappa shape index (κ1) is 41.4. The predicted molar refractivity (Wildman–Crippen MR) is 152 cm³/mol. The van der Waals surface area contributed by atoms with Crippen molar-refractivity contribution in [3.8, 4) is 0 Å². The van der Waals surface area contributed by atoms with Crippen LogP contribution in [-0.2, 0) is 55.9 Å². The fourth-order valence-electron chi connectivity index (χ4n) is 3.53. The number of ether oxygens (including phenoxy) is 2. The number of rotatable bonds is 22. The third-order valence-electron chi connectivity index (χ3n) is 4.94. The zero-order valence-electron chi connectivity index (χ0n) is 25.6. The molecular weight excluding hydrogens is 634 g/mol. The molecule has 0 fully saturated rings. The van der Waals surface area contributed by atoms with Crippen molar-refractivity contribution in [1.82, 2.24) is 21.3 Å². The van der Waals surface area contributed by atoms with Crippen LogP contribution < -0.4 is 21.3 Å². The van der Waals surface area contributed by atoms with Crippen LogP contribution in [-0.4, -0.2) is 103 Å². The molecule has 0 aliphatic carbocycles. The molecule has 0 saturated carbocycles. The number of hydrogen-bond acceptors (Lipinski definition) is 13. The van der Waals surface area contributed by atoms with E-state index in [1.807, 2.05) is 0 Å². The molecule has 4 amide bonds. The molecule has 0 radical (unpaired) electrons. The first-order valence-electron chi connectivity index (χ1n) is 13.4. The summed E-state index contributed by atoms with van der Waals surface area (Å²) in [6.07, 6.45) is -0.991. The van der Waals surface area contributed by atoms with Crippen LogP contribution in [0.15, 0.2) is 0 Å². The number of esters is 2. The van der Waals surface area contributed by atoms with Crippen molar-refractivity contribution in [2.75, 3.05) is 39.5 Å². The summed E-state index contributed by atoms with van der Waals surface area (Å²) in [6, 6.07) is -2.27. The van der Waals surface area contributed by atoms with Crippen LogP contribution >= 0.6 is 15.6 Å². The van der Waals surface area contributed by atoms with Crippen molar-refractivity contribution in [2.24, 2.45) is 0 Å². The van der Waals surface area contributed by atoms with E-state index in [4.69, 9.17) is 27.6 Å². The summed E-state index contributed by atoms with van der Waals surface area (Å²) in [5, 5.41) is 9.66. The van der Waals surface area contributed by atoms with Gasteiger partial charge in [-0.05, 0) is 13.8 Å². The minimum absolute atomic E-state index is 0.108. The molecule has 4 unspecified atom stereocenters. The van der Waals surface area contributed by atoms with Crippen LogP contribution in [0.2, 0.25) is 0 Å². The van der Waals surface area contributed by atoms with Gasteiger partial charge in [0.15, 0.2) is 0 Å². The van der Waals surface area contributed by atoms with Crippen LogP contribution in [0.3, 0.4) is 0 Å². The van der Waals surface area contributed by atoms with Crippen LogP contribution in [0.1, 0.15) is 54.4 Å². The van der Waals surface area contributed by atoms with Gasteiger partial charge in [0.05, 0.1) is 38.5 Å². The second-order valence-electron chi connectivity index (χ2n) is 9.48. The van der Waals surface area contributed by atoms with E-state index in [2.05, 4.69) is 21.3 Å². The topological polar surface area (TPSA) is 263 Å². The summed E-state index contributed by atoms with van der Waals surface area (Å²) in [5.74, 6) is -1.93. The first-order chi connectivity index (χ1) is 20.3. The Morgan fingerprint density at radius 3 is 1.27 bits per heavy atom. The Morgan fingerprint density at radius 2 is 0.977 bits per heavy atom. The molecule has 6 atom stereocenters. The molecule has 0 bridgehead atoms. The third kappa shape index (κ3) is 23.8. The van der Waals surface area contributed by atoms with Gasteiger partial charge in [-0.15, -0.1) is 0 Å². The van der Waals surface area contributed by atoms with Gasteiger partial charge in [0.2, 0.25) is 11.8 Å². The van der Waals surface area contributed by atoms with Crippen molar-refractivity contribution in [3.63, 3.8) is 0 Å². The molecule has 0 aliphatic rings. The average molecular weight is 679 g/mol. The number of carbonyl (C=O) groups excluding carboxylic acids is 5. The molecule has 0 aliphatic heterocycles. The number of nitrogens with one attached hydrogen (secondary N) is 4. The van der Waals surface area contributed by atoms with Crippen molar-refractivity contribution in [1.29, 1.82) is 0 Å². The van der Waals surface area contributed by atoms with Crippen molar-refractivity contribution >= 4 is 45.4 Å². The van der Waals surface area contributed by atoms with E-state index in [0.29, 0.717) is 0 Å². The number of urea groups is 1. The standard InChI is InChI=1S/C23H44N4O15P2/c1-15(41-19(5)30)11-21(26-17(3)28)13-39-43(33,34)37-9-7-24-23(32)25-8-10-38-44(35,36)40-14-22(27-18(4)29)12-16(2)42-20(6)31/h15-16,21-22H,7-14H2,1-6H3,(H,26,28)(H,27,29)(H,33,34)(H,35,36)(H2,24,25,32)/t15?,16?,21-,22-/m1/s1. The second-order valence-corrected chi connectivity index (χ2v) is 12.4. The molecule has 0 saturated heterocycles. The lowest BCUT2D eigenvalue weighted by Crippen LogP contribution is -2.40. The largest absolute Gasteiger partial charge is 0.472 e. The highest BCUT2D eigenvalue weighted by molar-refractivity contribution is 7.47. The Kier molecular flexibility index (Phi) is 19.9. The van der Waals surface area contributed by atoms with E-state index in [1.54, 1.807) is 13.8 Å². The maximum absolute atomic E-state index is 12.1. The lowest BCUT2D eigenvalue weighted by Gasteiger charge is -2.22. The van der Waals surface area contributed by atoms with Gasteiger partial charge in [0, 0.05) is 53.6 Å². The number of amides is 4. The second kappa shape index (κ2) is 21.2. The van der Waals surface area contributed by atoms with Gasteiger partial charge in [-0.3, -0.25) is 37.3 Å². The minimum Gasteiger partial charge on any atom is -0.463 e. The number of phosphoric acid groups is 2. The van der Waals surface area contributed by atoms with Gasteiger partial charge in [0.1, 0.15) is 12.2 Å². The van der Waals surface area contributed by atoms with Gasteiger partial charge in [-0.25, -0.2) is 13.9 Å². The Balaban J connectivity index is 4.40. The smallest absolute Gasteiger partial charge is 0.463 e. The van der Waals surface area contributed by atoms with Crippen molar-refractivity contribution < 1.29 is 70.5 Å². The zero-order valence-corrected chi connectivity index (χ0v) is 27.4.